The number of sulfonamides is 1. The van der Waals surface area contributed by atoms with Crippen molar-refractivity contribution in [3.8, 4) is 11.4 Å². The number of nitrogens with one attached hydrogen (secondary N) is 1. The first-order valence-electron chi connectivity index (χ1n) is 9.08. The molecule has 0 saturated heterocycles. The molecule has 3 aromatic rings. The summed E-state index contributed by atoms with van der Waals surface area (Å²) in [6.45, 7) is 4.16. The van der Waals surface area contributed by atoms with Crippen molar-refractivity contribution >= 4 is 33.3 Å². The third-order valence-corrected chi connectivity index (χ3v) is 5.60. The van der Waals surface area contributed by atoms with E-state index in [1.165, 1.54) is 11.8 Å². The van der Waals surface area contributed by atoms with Crippen LogP contribution in [0.25, 0.3) is 5.69 Å². The first-order valence-corrected chi connectivity index (χ1v) is 11.8. The van der Waals surface area contributed by atoms with E-state index >= 15 is 0 Å². The zero-order valence-corrected chi connectivity index (χ0v) is 18.3. The summed E-state index contributed by atoms with van der Waals surface area (Å²) in [4.78, 5) is 12.8. The van der Waals surface area contributed by atoms with Gasteiger partial charge in [0, 0.05) is 11.3 Å². The molecule has 30 heavy (non-hydrogen) atoms. The molecule has 158 valence electrons. The zero-order valence-electron chi connectivity index (χ0n) is 16.6. The van der Waals surface area contributed by atoms with Gasteiger partial charge in [-0.2, -0.15) is 4.68 Å². The number of anilines is 1. The van der Waals surface area contributed by atoms with Crippen LogP contribution in [0.4, 0.5) is 5.69 Å². The molecule has 0 amide bonds. The Morgan fingerprint density at radius 1 is 1.20 bits per heavy atom. The van der Waals surface area contributed by atoms with Gasteiger partial charge in [-0.25, -0.2) is 8.42 Å². The van der Waals surface area contributed by atoms with Crippen molar-refractivity contribution in [3.63, 3.8) is 0 Å². The number of thioether (sulfide) groups is 1. The second-order valence-electron chi connectivity index (χ2n) is 6.35. The SMILES string of the molecule is CCOc1ccccc1-n1nnnc1SC(C)C(=O)c1ccc(NS(C)(=O)=O)cc1. The minimum atomic E-state index is -3.37. The minimum absolute atomic E-state index is 0.126. The predicted octanol–water partition coefficient (Wildman–Crippen LogP) is 2.80. The highest BCUT2D eigenvalue weighted by Gasteiger charge is 2.21. The van der Waals surface area contributed by atoms with E-state index in [1.807, 2.05) is 31.2 Å². The van der Waals surface area contributed by atoms with Crippen molar-refractivity contribution in [3.05, 3.63) is 54.1 Å². The van der Waals surface area contributed by atoms with Crippen LogP contribution in [-0.4, -0.2) is 52.5 Å². The molecule has 0 aliphatic rings. The number of para-hydroxylation sites is 2. The van der Waals surface area contributed by atoms with Crippen LogP contribution in [0.5, 0.6) is 5.75 Å². The van der Waals surface area contributed by atoms with Gasteiger partial charge in [0.05, 0.1) is 18.1 Å². The van der Waals surface area contributed by atoms with Crippen molar-refractivity contribution in [1.82, 2.24) is 20.2 Å². The Morgan fingerprint density at radius 3 is 2.57 bits per heavy atom. The summed E-state index contributed by atoms with van der Waals surface area (Å²) in [7, 11) is -3.37. The van der Waals surface area contributed by atoms with Crippen LogP contribution in [0.1, 0.15) is 24.2 Å². The van der Waals surface area contributed by atoms with Crippen molar-refractivity contribution < 1.29 is 17.9 Å². The molecule has 0 bridgehead atoms. The smallest absolute Gasteiger partial charge is 0.229 e. The zero-order chi connectivity index (χ0) is 21.7. The average Bonchev–Trinajstić information content (AvgIpc) is 3.15. The summed E-state index contributed by atoms with van der Waals surface area (Å²) in [6, 6.07) is 13.7. The molecule has 1 atom stereocenters. The molecular weight excluding hydrogens is 426 g/mol. The number of Topliss-reactive ketones (excluding diaryl/α,β-unsaturated/α-hetero) is 1. The van der Waals surface area contributed by atoms with Gasteiger partial charge in [0.1, 0.15) is 11.4 Å². The van der Waals surface area contributed by atoms with E-state index in [4.69, 9.17) is 4.74 Å². The number of hydrogen-bond acceptors (Lipinski definition) is 8. The summed E-state index contributed by atoms with van der Waals surface area (Å²) in [6.07, 6.45) is 1.07. The van der Waals surface area contributed by atoms with Gasteiger partial charge >= 0.3 is 0 Å². The van der Waals surface area contributed by atoms with Crippen molar-refractivity contribution in [2.24, 2.45) is 0 Å². The molecular formula is C19H21N5O4S2. The number of hydrogen-bond donors (Lipinski definition) is 1. The van der Waals surface area contributed by atoms with Crippen LogP contribution in [0.2, 0.25) is 0 Å². The Bertz CT molecular complexity index is 1130. The fourth-order valence-corrected chi connectivity index (χ4v) is 4.12. The van der Waals surface area contributed by atoms with Crippen molar-refractivity contribution in [2.45, 2.75) is 24.3 Å². The molecule has 0 radical (unpaired) electrons. The van der Waals surface area contributed by atoms with E-state index in [2.05, 4.69) is 20.2 Å². The number of tetrazole rings is 1. The molecule has 0 aliphatic carbocycles. The summed E-state index contributed by atoms with van der Waals surface area (Å²) in [5, 5.41) is 11.8. The van der Waals surface area contributed by atoms with Gasteiger partial charge in [-0.1, -0.05) is 23.9 Å². The number of aromatic nitrogens is 4. The van der Waals surface area contributed by atoms with Gasteiger partial charge in [0.15, 0.2) is 5.78 Å². The van der Waals surface area contributed by atoms with E-state index in [0.29, 0.717) is 34.5 Å². The minimum Gasteiger partial charge on any atom is -0.492 e. The lowest BCUT2D eigenvalue weighted by molar-refractivity contribution is 0.0994. The van der Waals surface area contributed by atoms with Gasteiger partial charge in [0.25, 0.3) is 0 Å². The lowest BCUT2D eigenvalue weighted by atomic mass is 10.1. The molecule has 9 nitrogen and oxygen atoms in total. The number of ketones is 1. The highest BCUT2D eigenvalue weighted by molar-refractivity contribution is 8.00. The molecule has 11 heteroatoms. The Labute approximate surface area is 178 Å². The van der Waals surface area contributed by atoms with Crippen molar-refractivity contribution in [2.75, 3.05) is 17.6 Å². The van der Waals surface area contributed by atoms with Gasteiger partial charge in [-0.3, -0.25) is 9.52 Å². The van der Waals surface area contributed by atoms with Crippen LogP contribution in [-0.2, 0) is 10.0 Å². The molecule has 0 spiro atoms. The molecule has 1 heterocycles. The average molecular weight is 448 g/mol. The summed E-state index contributed by atoms with van der Waals surface area (Å²) < 4.78 is 32.2. The first kappa shape index (κ1) is 21.8. The molecule has 1 aromatic heterocycles. The number of ether oxygens (including phenoxy) is 1. The number of carbonyl (C=O) groups excluding carboxylic acids is 1. The van der Waals surface area contributed by atoms with Crippen LogP contribution in [0.15, 0.2) is 53.7 Å². The quantitative estimate of drug-likeness (QED) is 0.393. The number of benzene rings is 2. The van der Waals surface area contributed by atoms with Crippen LogP contribution in [0.3, 0.4) is 0 Å². The van der Waals surface area contributed by atoms with E-state index in [9.17, 15) is 13.2 Å². The Hall–Kier alpha value is -2.92. The molecule has 0 saturated carbocycles. The van der Waals surface area contributed by atoms with Gasteiger partial charge in [-0.15, -0.1) is 5.10 Å². The lowest BCUT2D eigenvalue weighted by Gasteiger charge is -2.13. The van der Waals surface area contributed by atoms with E-state index in [1.54, 1.807) is 35.9 Å². The summed E-state index contributed by atoms with van der Waals surface area (Å²) in [5.41, 5.74) is 1.54. The largest absolute Gasteiger partial charge is 0.492 e. The monoisotopic (exact) mass is 447 g/mol. The topological polar surface area (TPSA) is 116 Å². The molecule has 1 N–H and O–H groups in total. The molecule has 2 aromatic carbocycles. The maximum Gasteiger partial charge on any atom is 0.229 e. The Morgan fingerprint density at radius 2 is 1.90 bits per heavy atom. The maximum atomic E-state index is 12.8. The third-order valence-electron chi connectivity index (χ3n) is 3.96. The normalized spacial score (nSPS) is 12.4. The second kappa shape index (κ2) is 9.26. The van der Waals surface area contributed by atoms with E-state index in [0.717, 1.165) is 6.26 Å². The first-order chi connectivity index (χ1) is 14.3. The molecule has 1 unspecified atom stereocenters. The fraction of sp³-hybridized carbons (Fsp3) is 0.263. The highest BCUT2D eigenvalue weighted by Crippen LogP contribution is 2.29. The summed E-state index contributed by atoms with van der Waals surface area (Å²) >= 11 is 1.23. The highest BCUT2D eigenvalue weighted by atomic mass is 32.2. The summed E-state index contributed by atoms with van der Waals surface area (Å²) in [5.74, 6) is 0.514. The lowest BCUT2D eigenvalue weighted by Crippen LogP contribution is -2.15. The van der Waals surface area contributed by atoms with Crippen LogP contribution in [0, 0.1) is 0 Å². The number of rotatable bonds is 9. The fourth-order valence-electron chi connectivity index (χ4n) is 2.68. The van der Waals surface area contributed by atoms with E-state index < -0.39 is 15.3 Å². The molecule has 3 rings (SSSR count). The van der Waals surface area contributed by atoms with Gasteiger partial charge in [-0.05, 0) is 60.7 Å². The number of carbonyl (C=O) groups is 1. The standard InChI is InChI=1S/C19H21N5O4S2/c1-4-28-17-8-6-5-7-16(17)24-19(20-22-23-24)29-13(2)18(25)14-9-11-15(12-10-14)21-30(3,26)27/h5-13,21H,4H2,1-3H3. The number of nitrogens with zero attached hydrogens (tertiary/aromatic N) is 4. The van der Waals surface area contributed by atoms with Crippen molar-refractivity contribution in [1.29, 1.82) is 0 Å². The Kier molecular flexibility index (Phi) is 6.73. The van der Waals surface area contributed by atoms with E-state index in [-0.39, 0.29) is 5.78 Å². The van der Waals surface area contributed by atoms with Gasteiger partial charge < -0.3 is 4.74 Å². The van der Waals surface area contributed by atoms with Crippen LogP contribution < -0.4 is 9.46 Å². The molecule has 0 fully saturated rings. The van der Waals surface area contributed by atoms with Crippen LogP contribution >= 0.6 is 11.8 Å². The maximum absolute atomic E-state index is 12.8. The predicted molar refractivity (Wildman–Crippen MR) is 115 cm³/mol. The Balaban J connectivity index is 1.77. The second-order valence-corrected chi connectivity index (χ2v) is 9.41. The van der Waals surface area contributed by atoms with Gasteiger partial charge in [0.2, 0.25) is 15.2 Å². The molecule has 0 aliphatic heterocycles. The third kappa shape index (κ3) is 5.36.